The zero-order valence-corrected chi connectivity index (χ0v) is 16.5. The van der Waals surface area contributed by atoms with Crippen LogP contribution in [0.5, 0.6) is 0 Å². The van der Waals surface area contributed by atoms with E-state index in [0.717, 1.165) is 28.1 Å². The lowest BCUT2D eigenvalue weighted by molar-refractivity contribution is -0.120. The van der Waals surface area contributed by atoms with Gasteiger partial charge in [0.05, 0.1) is 10.6 Å². The maximum atomic E-state index is 12.6. The number of hydrogen-bond acceptors (Lipinski definition) is 5. The van der Waals surface area contributed by atoms with E-state index in [1.807, 2.05) is 20.8 Å². The van der Waals surface area contributed by atoms with Gasteiger partial charge in [-0.25, -0.2) is 4.98 Å². The molecule has 2 heterocycles. The lowest BCUT2D eigenvalue weighted by Crippen LogP contribution is -2.30. The second kappa shape index (κ2) is 8.16. The van der Waals surface area contributed by atoms with E-state index in [1.54, 1.807) is 11.3 Å². The highest BCUT2D eigenvalue weighted by Gasteiger charge is 2.19. The predicted molar refractivity (Wildman–Crippen MR) is 102 cm³/mol. The van der Waals surface area contributed by atoms with E-state index < -0.39 is 0 Å². The van der Waals surface area contributed by atoms with Gasteiger partial charge in [-0.1, -0.05) is 32.0 Å². The Labute approximate surface area is 150 Å². The summed E-state index contributed by atoms with van der Waals surface area (Å²) in [5, 5.41) is 3.70. The van der Waals surface area contributed by atoms with Crippen LogP contribution in [0.25, 0.3) is 10.2 Å². The van der Waals surface area contributed by atoms with E-state index in [4.69, 9.17) is 0 Å². The van der Waals surface area contributed by atoms with Gasteiger partial charge in [0.15, 0.2) is 5.16 Å². The standard InChI is InChI=1S/C17H25N3O2S2/c1-6-9(3)8-12-10(4)23-16-13(12)15(22)19-17(20-16)24-11(5)14(21)18-7-2/h9,11H,6-8H2,1-5H3,(H,18,21)(H,19,20,22)/t9-,11+/m1/s1. The second-order valence-electron chi connectivity index (χ2n) is 6.06. The normalized spacial score (nSPS) is 13.9. The van der Waals surface area contributed by atoms with Crippen LogP contribution < -0.4 is 10.9 Å². The largest absolute Gasteiger partial charge is 0.355 e. The van der Waals surface area contributed by atoms with Gasteiger partial charge in [-0.05, 0) is 38.7 Å². The molecule has 2 rings (SSSR count). The van der Waals surface area contributed by atoms with Gasteiger partial charge in [-0.3, -0.25) is 9.59 Å². The molecule has 0 unspecified atom stereocenters. The Balaban J connectivity index is 2.34. The molecule has 0 spiro atoms. The first-order chi connectivity index (χ1) is 11.4. The van der Waals surface area contributed by atoms with E-state index in [0.29, 0.717) is 23.0 Å². The van der Waals surface area contributed by atoms with Crippen molar-refractivity contribution >= 4 is 39.2 Å². The van der Waals surface area contributed by atoms with E-state index in [9.17, 15) is 9.59 Å². The van der Waals surface area contributed by atoms with Gasteiger partial charge in [0, 0.05) is 11.4 Å². The van der Waals surface area contributed by atoms with Crippen LogP contribution in [-0.4, -0.2) is 27.7 Å². The predicted octanol–water partition coefficient (Wildman–Crippen LogP) is 3.50. The zero-order chi connectivity index (χ0) is 17.9. The van der Waals surface area contributed by atoms with Crippen molar-refractivity contribution in [3.8, 4) is 0 Å². The molecule has 5 nitrogen and oxygen atoms in total. The van der Waals surface area contributed by atoms with Crippen LogP contribution in [0, 0.1) is 12.8 Å². The number of amides is 1. The summed E-state index contributed by atoms with van der Waals surface area (Å²) in [6.07, 6.45) is 1.98. The third-order valence-electron chi connectivity index (χ3n) is 4.10. The first-order valence-electron chi connectivity index (χ1n) is 8.33. The Bertz CT molecular complexity index is 782. The molecule has 2 N–H and O–H groups in total. The number of carbonyl (C=O) groups excluding carboxylic acids is 1. The highest BCUT2D eigenvalue weighted by atomic mass is 32.2. The number of nitrogens with zero attached hydrogens (tertiary/aromatic N) is 1. The summed E-state index contributed by atoms with van der Waals surface area (Å²) in [4.78, 5) is 33.8. The third kappa shape index (κ3) is 4.19. The molecular weight excluding hydrogens is 342 g/mol. The highest BCUT2D eigenvalue weighted by molar-refractivity contribution is 8.00. The molecule has 132 valence electrons. The summed E-state index contributed by atoms with van der Waals surface area (Å²) in [6, 6.07) is 0. The second-order valence-corrected chi connectivity index (χ2v) is 8.59. The average molecular weight is 368 g/mol. The quantitative estimate of drug-likeness (QED) is 0.580. The Morgan fingerprint density at radius 3 is 2.71 bits per heavy atom. The Kier molecular flexibility index (Phi) is 6.46. The SMILES string of the molecule is CCNC(=O)[C@H](C)Sc1nc2sc(C)c(C[C@H](C)CC)c2c(=O)[nH]1. The fourth-order valence-electron chi connectivity index (χ4n) is 2.49. The van der Waals surface area contributed by atoms with Crippen LogP contribution in [0.2, 0.25) is 0 Å². The molecule has 2 aromatic rings. The van der Waals surface area contributed by atoms with Crippen LogP contribution in [0.4, 0.5) is 0 Å². The van der Waals surface area contributed by atoms with Crippen LogP contribution in [0.15, 0.2) is 9.95 Å². The van der Waals surface area contributed by atoms with Crippen LogP contribution in [-0.2, 0) is 11.2 Å². The lowest BCUT2D eigenvalue weighted by Gasteiger charge is -2.10. The minimum Gasteiger partial charge on any atom is -0.355 e. The monoisotopic (exact) mass is 367 g/mol. The van der Waals surface area contributed by atoms with Gasteiger partial charge in [0.1, 0.15) is 4.83 Å². The molecule has 0 aromatic carbocycles. The van der Waals surface area contributed by atoms with Crippen LogP contribution in [0.3, 0.4) is 0 Å². The van der Waals surface area contributed by atoms with Gasteiger partial charge in [-0.15, -0.1) is 11.3 Å². The first-order valence-corrected chi connectivity index (χ1v) is 10.0. The molecule has 1 amide bonds. The summed E-state index contributed by atoms with van der Waals surface area (Å²) in [7, 11) is 0. The van der Waals surface area contributed by atoms with Crippen molar-refractivity contribution < 1.29 is 4.79 Å². The van der Waals surface area contributed by atoms with Crippen molar-refractivity contribution in [1.29, 1.82) is 0 Å². The molecule has 2 aromatic heterocycles. The van der Waals surface area contributed by atoms with E-state index in [1.165, 1.54) is 11.8 Å². The summed E-state index contributed by atoms with van der Waals surface area (Å²) in [5.41, 5.74) is 1.01. The number of H-pyrrole nitrogens is 1. The molecule has 0 saturated carbocycles. The van der Waals surface area contributed by atoms with Gasteiger partial charge in [0.2, 0.25) is 5.91 Å². The Hall–Kier alpha value is -1.34. The first kappa shape index (κ1) is 19.0. The van der Waals surface area contributed by atoms with Crippen molar-refractivity contribution in [1.82, 2.24) is 15.3 Å². The summed E-state index contributed by atoms with van der Waals surface area (Å²) in [5.74, 6) is 0.484. The van der Waals surface area contributed by atoms with Crippen molar-refractivity contribution in [2.75, 3.05) is 6.54 Å². The lowest BCUT2D eigenvalue weighted by atomic mass is 9.98. The molecule has 7 heteroatoms. The number of carbonyl (C=O) groups is 1. The number of fused-ring (bicyclic) bond motifs is 1. The fraction of sp³-hybridized carbons (Fsp3) is 0.588. The molecule has 0 radical (unpaired) electrons. The van der Waals surface area contributed by atoms with Crippen molar-refractivity contribution in [2.45, 2.75) is 57.9 Å². The molecule has 0 aliphatic carbocycles. The summed E-state index contributed by atoms with van der Waals surface area (Å²) in [6.45, 7) is 10.7. The minimum absolute atomic E-state index is 0.0509. The number of thioether (sulfide) groups is 1. The minimum atomic E-state index is -0.300. The Morgan fingerprint density at radius 1 is 1.38 bits per heavy atom. The summed E-state index contributed by atoms with van der Waals surface area (Å²) >= 11 is 2.84. The number of thiophene rings is 1. The number of nitrogens with one attached hydrogen (secondary N) is 2. The molecular formula is C17H25N3O2S2. The number of aryl methyl sites for hydroxylation is 1. The van der Waals surface area contributed by atoms with Gasteiger partial charge < -0.3 is 10.3 Å². The fourth-order valence-corrected chi connectivity index (χ4v) is 4.42. The molecule has 2 atom stereocenters. The van der Waals surface area contributed by atoms with Crippen molar-refractivity contribution in [3.05, 3.63) is 20.8 Å². The maximum absolute atomic E-state index is 12.6. The highest BCUT2D eigenvalue weighted by Crippen LogP contribution is 2.31. The average Bonchev–Trinajstić information content (AvgIpc) is 2.83. The zero-order valence-electron chi connectivity index (χ0n) is 14.9. The topological polar surface area (TPSA) is 74.8 Å². The molecule has 0 aliphatic heterocycles. The van der Waals surface area contributed by atoms with Crippen molar-refractivity contribution in [3.63, 3.8) is 0 Å². The van der Waals surface area contributed by atoms with E-state index in [-0.39, 0.29) is 16.7 Å². The van der Waals surface area contributed by atoms with E-state index >= 15 is 0 Å². The molecule has 0 saturated heterocycles. The summed E-state index contributed by atoms with van der Waals surface area (Å²) < 4.78 is 0. The number of aromatic amines is 1. The molecule has 0 bridgehead atoms. The van der Waals surface area contributed by atoms with Gasteiger partial charge in [0.25, 0.3) is 5.56 Å². The molecule has 0 fully saturated rings. The van der Waals surface area contributed by atoms with Gasteiger partial charge >= 0.3 is 0 Å². The number of rotatable bonds is 7. The van der Waals surface area contributed by atoms with Gasteiger partial charge in [-0.2, -0.15) is 0 Å². The number of hydrogen-bond donors (Lipinski definition) is 2. The Morgan fingerprint density at radius 2 is 2.08 bits per heavy atom. The third-order valence-corrected chi connectivity index (χ3v) is 6.12. The van der Waals surface area contributed by atoms with Crippen LogP contribution >= 0.6 is 23.1 Å². The maximum Gasteiger partial charge on any atom is 0.260 e. The smallest absolute Gasteiger partial charge is 0.260 e. The van der Waals surface area contributed by atoms with Crippen molar-refractivity contribution in [2.24, 2.45) is 5.92 Å². The molecule has 0 aliphatic rings. The molecule has 24 heavy (non-hydrogen) atoms. The van der Waals surface area contributed by atoms with E-state index in [2.05, 4.69) is 29.1 Å². The van der Waals surface area contributed by atoms with Crippen LogP contribution in [0.1, 0.15) is 44.6 Å². The number of aromatic nitrogens is 2.